The van der Waals surface area contributed by atoms with Crippen molar-refractivity contribution >= 4 is 33.2 Å². The van der Waals surface area contributed by atoms with Crippen LogP contribution in [0.2, 0.25) is 0 Å². The molecule has 0 bridgehead atoms. The van der Waals surface area contributed by atoms with Gasteiger partial charge in [0.1, 0.15) is 0 Å². The lowest BCUT2D eigenvalue weighted by Gasteiger charge is -2.09. The maximum atomic E-state index is 11.5. The molecular formula is C11H17BrN2OS. The van der Waals surface area contributed by atoms with Gasteiger partial charge in [-0.05, 0) is 49.1 Å². The second kappa shape index (κ2) is 7.04. The summed E-state index contributed by atoms with van der Waals surface area (Å²) in [7, 11) is 4.07. The third-order valence-corrected chi connectivity index (χ3v) is 3.76. The first-order valence-corrected chi connectivity index (χ1v) is 6.89. The predicted molar refractivity (Wildman–Crippen MR) is 71.9 cm³/mol. The van der Waals surface area contributed by atoms with E-state index in [1.807, 2.05) is 25.5 Å². The van der Waals surface area contributed by atoms with E-state index in [2.05, 4.69) is 26.1 Å². The molecule has 0 saturated heterocycles. The number of carbonyl (C=O) groups excluding carboxylic acids is 1. The second-order valence-corrected chi connectivity index (χ2v) is 5.83. The first-order valence-electron chi connectivity index (χ1n) is 5.22. The SMILES string of the molecule is CN(C)CCCNC(=O)Cc1cc(Br)cs1. The molecule has 0 atom stereocenters. The van der Waals surface area contributed by atoms with Crippen molar-refractivity contribution in [2.75, 3.05) is 27.2 Å². The van der Waals surface area contributed by atoms with E-state index in [1.54, 1.807) is 11.3 Å². The molecule has 1 N–H and O–H groups in total. The standard InChI is InChI=1S/C11H17BrN2OS/c1-14(2)5-3-4-13-11(15)7-10-6-9(12)8-16-10/h6,8H,3-5,7H2,1-2H3,(H,13,15). The number of carbonyl (C=O) groups is 1. The van der Waals surface area contributed by atoms with Gasteiger partial charge in [0, 0.05) is 21.3 Å². The Bertz CT molecular complexity index is 338. The minimum atomic E-state index is 0.105. The monoisotopic (exact) mass is 304 g/mol. The van der Waals surface area contributed by atoms with Gasteiger partial charge in [-0.1, -0.05) is 0 Å². The molecule has 0 aliphatic carbocycles. The smallest absolute Gasteiger partial charge is 0.225 e. The van der Waals surface area contributed by atoms with Crippen LogP contribution in [0.5, 0.6) is 0 Å². The summed E-state index contributed by atoms with van der Waals surface area (Å²) in [5.41, 5.74) is 0. The Morgan fingerprint density at radius 2 is 2.31 bits per heavy atom. The zero-order valence-electron chi connectivity index (χ0n) is 9.62. The van der Waals surface area contributed by atoms with Crippen molar-refractivity contribution in [3.63, 3.8) is 0 Å². The van der Waals surface area contributed by atoms with E-state index in [0.29, 0.717) is 6.42 Å². The highest BCUT2D eigenvalue weighted by atomic mass is 79.9. The molecule has 0 aliphatic heterocycles. The largest absolute Gasteiger partial charge is 0.356 e. The number of nitrogens with zero attached hydrogens (tertiary/aromatic N) is 1. The molecule has 16 heavy (non-hydrogen) atoms. The Balaban J connectivity index is 2.16. The lowest BCUT2D eigenvalue weighted by atomic mass is 10.3. The second-order valence-electron chi connectivity index (χ2n) is 3.91. The summed E-state index contributed by atoms with van der Waals surface area (Å²) in [6.45, 7) is 1.76. The van der Waals surface area contributed by atoms with Gasteiger partial charge in [0.25, 0.3) is 0 Å². The molecule has 0 fully saturated rings. The Morgan fingerprint density at radius 3 is 2.88 bits per heavy atom. The number of hydrogen-bond donors (Lipinski definition) is 1. The first-order chi connectivity index (χ1) is 7.58. The molecule has 0 saturated carbocycles. The molecule has 0 aliphatic rings. The number of halogens is 1. The minimum Gasteiger partial charge on any atom is -0.356 e. The van der Waals surface area contributed by atoms with Gasteiger partial charge < -0.3 is 10.2 Å². The maximum Gasteiger partial charge on any atom is 0.225 e. The third-order valence-electron chi connectivity index (χ3n) is 2.06. The van der Waals surface area contributed by atoms with Crippen LogP contribution < -0.4 is 5.32 Å². The van der Waals surface area contributed by atoms with Crippen LogP contribution in [0.4, 0.5) is 0 Å². The normalized spacial score (nSPS) is 10.8. The molecule has 1 aromatic heterocycles. The van der Waals surface area contributed by atoms with Gasteiger partial charge in [0.15, 0.2) is 0 Å². The predicted octanol–water partition coefficient (Wildman–Crippen LogP) is 2.12. The van der Waals surface area contributed by atoms with Gasteiger partial charge in [-0.3, -0.25) is 4.79 Å². The van der Waals surface area contributed by atoms with E-state index in [4.69, 9.17) is 0 Å². The highest BCUT2D eigenvalue weighted by Crippen LogP contribution is 2.19. The zero-order valence-corrected chi connectivity index (χ0v) is 12.0. The van der Waals surface area contributed by atoms with Crippen LogP contribution in [0, 0.1) is 0 Å². The maximum absolute atomic E-state index is 11.5. The van der Waals surface area contributed by atoms with Crippen LogP contribution in [0.25, 0.3) is 0 Å². The Kier molecular flexibility index (Phi) is 6.01. The van der Waals surface area contributed by atoms with E-state index in [0.717, 1.165) is 28.9 Å². The van der Waals surface area contributed by atoms with Gasteiger partial charge in [-0.25, -0.2) is 0 Å². The van der Waals surface area contributed by atoms with E-state index in [1.165, 1.54) is 0 Å². The van der Waals surface area contributed by atoms with Crippen molar-refractivity contribution < 1.29 is 4.79 Å². The van der Waals surface area contributed by atoms with Gasteiger partial charge in [-0.2, -0.15) is 0 Å². The average molecular weight is 305 g/mol. The van der Waals surface area contributed by atoms with Crippen molar-refractivity contribution in [1.82, 2.24) is 10.2 Å². The number of nitrogens with one attached hydrogen (secondary N) is 1. The summed E-state index contributed by atoms with van der Waals surface area (Å²) in [6, 6.07) is 1.99. The quantitative estimate of drug-likeness (QED) is 0.817. The summed E-state index contributed by atoms with van der Waals surface area (Å²) in [5, 5.41) is 4.92. The van der Waals surface area contributed by atoms with Crippen molar-refractivity contribution in [3.05, 3.63) is 20.8 Å². The van der Waals surface area contributed by atoms with Crippen LogP contribution in [-0.4, -0.2) is 38.0 Å². The third kappa shape index (κ3) is 5.63. The average Bonchev–Trinajstić information content (AvgIpc) is 2.58. The molecule has 1 aromatic rings. The molecule has 0 radical (unpaired) electrons. The fourth-order valence-electron chi connectivity index (χ4n) is 1.29. The summed E-state index contributed by atoms with van der Waals surface area (Å²) in [6.07, 6.45) is 1.48. The molecule has 0 spiro atoms. The van der Waals surface area contributed by atoms with Gasteiger partial charge in [-0.15, -0.1) is 11.3 Å². The van der Waals surface area contributed by atoms with Gasteiger partial charge in [0.2, 0.25) is 5.91 Å². The molecule has 1 amide bonds. The molecule has 0 aromatic carbocycles. The highest BCUT2D eigenvalue weighted by Gasteiger charge is 2.04. The van der Waals surface area contributed by atoms with E-state index in [9.17, 15) is 4.79 Å². The minimum absolute atomic E-state index is 0.105. The lowest BCUT2D eigenvalue weighted by Crippen LogP contribution is -2.28. The van der Waals surface area contributed by atoms with Gasteiger partial charge >= 0.3 is 0 Å². The Labute approximate surface area is 109 Å². The first kappa shape index (κ1) is 13.7. The number of thiophene rings is 1. The molecule has 0 unspecified atom stereocenters. The van der Waals surface area contributed by atoms with Gasteiger partial charge in [0.05, 0.1) is 6.42 Å². The molecular weight excluding hydrogens is 288 g/mol. The lowest BCUT2D eigenvalue weighted by molar-refractivity contribution is -0.120. The van der Waals surface area contributed by atoms with Crippen molar-refractivity contribution in [2.24, 2.45) is 0 Å². The van der Waals surface area contributed by atoms with Crippen LogP contribution in [-0.2, 0) is 11.2 Å². The van der Waals surface area contributed by atoms with Crippen LogP contribution in [0.3, 0.4) is 0 Å². The van der Waals surface area contributed by atoms with Crippen LogP contribution in [0.1, 0.15) is 11.3 Å². The van der Waals surface area contributed by atoms with Crippen molar-refractivity contribution in [3.8, 4) is 0 Å². The Morgan fingerprint density at radius 1 is 1.56 bits per heavy atom. The van der Waals surface area contributed by atoms with Crippen LogP contribution >= 0.6 is 27.3 Å². The fraction of sp³-hybridized carbons (Fsp3) is 0.545. The van der Waals surface area contributed by atoms with Crippen LogP contribution in [0.15, 0.2) is 15.9 Å². The van der Waals surface area contributed by atoms with Crippen molar-refractivity contribution in [1.29, 1.82) is 0 Å². The molecule has 5 heteroatoms. The molecule has 1 rings (SSSR count). The van der Waals surface area contributed by atoms with E-state index in [-0.39, 0.29) is 5.91 Å². The topological polar surface area (TPSA) is 32.3 Å². The summed E-state index contributed by atoms with van der Waals surface area (Å²) in [5.74, 6) is 0.105. The zero-order chi connectivity index (χ0) is 12.0. The number of amides is 1. The summed E-state index contributed by atoms with van der Waals surface area (Å²) >= 11 is 4.98. The summed E-state index contributed by atoms with van der Waals surface area (Å²) < 4.78 is 1.05. The molecule has 1 heterocycles. The molecule has 3 nitrogen and oxygen atoms in total. The Hall–Kier alpha value is -0.390. The summed E-state index contributed by atoms with van der Waals surface area (Å²) in [4.78, 5) is 14.7. The van der Waals surface area contributed by atoms with E-state index >= 15 is 0 Å². The molecule has 90 valence electrons. The highest BCUT2D eigenvalue weighted by molar-refractivity contribution is 9.10. The number of rotatable bonds is 6. The van der Waals surface area contributed by atoms with Crippen molar-refractivity contribution in [2.45, 2.75) is 12.8 Å². The number of hydrogen-bond acceptors (Lipinski definition) is 3. The fourth-order valence-corrected chi connectivity index (χ4v) is 2.74. The van der Waals surface area contributed by atoms with E-state index < -0.39 is 0 Å².